The summed E-state index contributed by atoms with van der Waals surface area (Å²) in [6.07, 6.45) is 2.93. The highest BCUT2D eigenvalue weighted by Gasteiger charge is 2.36. The standard InChI is InChI=1S/C12H15BrO/c1-9-6-7-12(14,8-9)10-2-4-11(13)5-3-10/h2-5,9,14H,6-8H2,1H3/t9-,12+/m1/s1. The molecule has 1 aliphatic rings. The van der Waals surface area contributed by atoms with Crippen LogP contribution in [0.1, 0.15) is 31.7 Å². The quantitative estimate of drug-likeness (QED) is 0.814. The van der Waals surface area contributed by atoms with Crippen LogP contribution >= 0.6 is 15.9 Å². The van der Waals surface area contributed by atoms with E-state index in [-0.39, 0.29) is 0 Å². The van der Waals surface area contributed by atoms with Crippen molar-refractivity contribution < 1.29 is 5.11 Å². The lowest BCUT2D eigenvalue weighted by Gasteiger charge is -2.23. The van der Waals surface area contributed by atoms with Crippen molar-refractivity contribution in [2.45, 2.75) is 31.8 Å². The van der Waals surface area contributed by atoms with Crippen LogP contribution in [0.3, 0.4) is 0 Å². The molecule has 1 saturated carbocycles. The molecule has 1 nitrogen and oxygen atoms in total. The van der Waals surface area contributed by atoms with Gasteiger partial charge in [0, 0.05) is 4.47 Å². The number of benzene rings is 1. The summed E-state index contributed by atoms with van der Waals surface area (Å²) in [5.41, 5.74) is 0.491. The van der Waals surface area contributed by atoms with Gasteiger partial charge in [-0.05, 0) is 42.9 Å². The van der Waals surface area contributed by atoms with E-state index in [1.807, 2.05) is 24.3 Å². The largest absolute Gasteiger partial charge is 0.385 e. The number of aliphatic hydroxyl groups is 1. The Bertz CT molecular complexity index is 320. The van der Waals surface area contributed by atoms with Crippen molar-refractivity contribution in [3.8, 4) is 0 Å². The van der Waals surface area contributed by atoms with Gasteiger partial charge in [0.2, 0.25) is 0 Å². The van der Waals surface area contributed by atoms with Gasteiger partial charge in [-0.2, -0.15) is 0 Å². The van der Waals surface area contributed by atoms with E-state index >= 15 is 0 Å². The molecule has 0 bridgehead atoms. The molecule has 2 heteroatoms. The fraction of sp³-hybridized carbons (Fsp3) is 0.500. The second kappa shape index (κ2) is 3.67. The Morgan fingerprint density at radius 2 is 2.00 bits per heavy atom. The number of hydrogen-bond acceptors (Lipinski definition) is 1. The molecule has 0 unspecified atom stereocenters. The molecule has 76 valence electrons. The monoisotopic (exact) mass is 254 g/mol. The Balaban J connectivity index is 2.26. The lowest BCUT2D eigenvalue weighted by Crippen LogP contribution is -2.21. The van der Waals surface area contributed by atoms with Gasteiger partial charge in [0.15, 0.2) is 0 Å². The Morgan fingerprint density at radius 1 is 1.36 bits per heavy atom. The highest BCUT2D eigenvalue weighted by Crippen LogP contribution is 2.41. The van der Waals surface area contributed by atoms with Crippen LogP contribution in [0.5, 0.6) is 0 Å². The predicted molar refractivity (Wildman–Crippen MR) is 61.1 cm³/mol. The highest BCUT2D eigenvalue weighted by molar-refractivity contribution is 9.10. The zero-order valence-corrected chi connectivity index (χ0v) is 9.92. The van der Waals surface area contributed by atoms with E-state index in [1.165, 1.54) is 0 Å². The lowest BCUT2D eigenvalue weighted by molar-refractivity contribution is 0.0408. The van der Waals surface area contributed by atoms with Crippen LogP contribution in [-0.4, -0.2) is 5.11 Å². The van der Waals surface area contributed by atoms with Gasteiger partial charge in [0.25, 0.3) is 0 Å². The first kappa shape index (κ1) is 10.2. The maximum atomic E-state index is 10.4. The van der Waals surface area contributed by atoms with Crippen molar-refractivity contribution in [2.24, 2.45) is 5.92 Å². The third-order valence-corrected chi connectivity index (χ3v) is 3.65. The van der Waals surface area contributed by atoms with E-state index in [1.54, 1.807) is 0 Å². The molecule has 0 radical (unpaired) electrons. The minimum Gasteiger partial charge on any atom is -0.385 e. The lowest BCUT2D eigenvalue weighted by atomic mass is 9.91. The average molecular weight is 255 g/mol. The second-order valence-corrected chi connectivity index (χ2v) is 5.30. The number of hydrogen-bond donors (Lipinski definition) is 1. The average Bonchev–Trinajstić information content (AvgIpc) is 2.48. The molecule has 2 atom stereocenters. The molecule has 1 N–H and O–H groups in total. The van der Waals surface area contributed by atoms with Crippen molar-refractivity contribution in [3.05, 3.63) is 34.3 Å². The van der Waals surface area contributed by atoms with Gasteiger partial charge >= 0.3 is 0 Å². The van der Waals surface area contributed by atoms with Crippen LogP contribution in [0.25, 0.3) is 0 Å². The number of halogens is 1. The molecule has 0 spiro atoms. The summed E-state index contributed by atoms with van der Waals surface area (Å²) in [5.74, 6) is 0.642. The Hall–Kier alpha value is -0.340. The van der Waals surface area contributed by atoms with Crippen LogP contribution in [0.4, 0.5) is 0 Å². The number of rotatable bonds is 1. The zero-order valence-electron chi connectivity index (χ0n) is 8.33. The predicted octanol–water partition coefficient (Wildman–Crippen LogP) is 3.46. The molecule has 1 aromatic rings. The third kappa shape index (κ3) is 1.86. The first-order valence-corrected chi connectivity index (χ1v) is 5.88. The topological polar surface area (TPSA) is 20.2 Å². The summed E-state index contributed by atoms with van der Waals surface area (Å²) >= 11 is 3.40. The van der Waals surface area contributed by atoms with Gasteiger partial charge < -0.3 is 5.11 Å². The molecule has 0 amide bonds. The van der Waals surface area contributed by atoms with Gasteiger partial charge in [-0.1, -0.05) is 35.0 Å². The summed E-state index contributed by atoms with van der Waals surface area (Å²) < 4.78 is 1.07. The van der Waals surface area contributed by atoms with Crippen molar-refractivity contribution in [3.63, 3.8) is 0 Å². The molecule has 1 aliphatic carbocycles. The maximum absolute atomic E-state index is 10.4. The molecule has 1 fully saturated rings. The molecule has 14 heavy (non-hydrogen) atoms. The highest BCUT2D eigenvalue weighted by atomic mass is 79.9. The minimum absolute atomic E-state index is 0.569. The van der Waals surface area contributed by atoms with E-state index in [0.29, 0.717) is 5.92 Å². The van der Waals surface area contributed by atoms with Gasteiger partial charge in [-0.3, -0.25) is 0 Å². The first-order valence-electron chi connectivity index (χ1n) is 5.08. The summed E-state index contributed by atoms with van der Waals surface area (Å²) in [6.45, 7) is 2.21. The molecule has 0 aliphatic heterocycles. The fourth-order valence-electron chi connectivity index (χ4n) is 2.29. The second-order valence-electron chi connectivity index (χ2n) is 4.39. The summed E-state index contributed by atoms with van der Waals surface area (Å²) in [6, 6.07) is 8.02. The van der Waals surface area contributed by atoms with Crippen molar-refractivity contribution in [1.82, 2.24) is 0 Å². The van der Waals surface area contributed by atoms with E-state index in [0.717, 1.165) is 29.3 Å². The van der Waals surface area contributed by atoms with Crippen molar-refractivity contribution in [1.29, 1.82) is 0 Å². The van der Waals surface area contributed by atoms with Gasteiger partial charge in [-0.25, -0.2) is 0 Å². The van der Waals surface area contributed by atoms with Gasteiger partial charge in [0.05, 0.1) is 5.60 Å². The summed E-state index contributed by atoms with van der Waals surface area (Å²) in [5, 5.41) is 10.4. The van der Waals surface area contributed by atoms with E-state index in [9.17, 15) is 5.11 Å². The van der Waals surface area contributed by atoms with Crippen LogP contribution in [0.2, 0.25) is 0 Å². The third-order valence-electron chi connectivity index (χ3n) is 3.12. The van der Waals surface area contributed by atoms with Crippen LogP contribution in [-0.2, 0) is 5.60 Å². The molecular weight excluding hydrogens is 240 g/mol. The molecule has 0 heterocycles. The van der Waals surface area contributed by atoms with Gasteiger partial charge in [0.1, 0.15) is 0 Å². The zero-order chi connectivity index (χ0) is 10.2. The SMILES string of the molecule is C[C@@H]1CC[C@@](O)(c2ccc(Br)cc2)C1. The van der Waals surface area contributed by atoms with Crippen molar-refractivity contribution >= 4 is 15.9 Å². The molecule has 2 rings (SSSR count). The summed E-state index contributed by atoms with van der Waals surface area (Å²) in [7, 11) is 0. The normalized spacial score (nSPS) is 32.1. The van der Waals surface area contributed by atoms with Crippen LogP contribution < -0.4 is 0 Å². The summed E-state index contributed by atoms with van der Waals surface area (Å²) in [4.78, 5) is 0. The molecule has 1 aromatic carbocycles. The minimum atomic E-state index is -0.569. The van der Waals surface area contributed by atoms with Crippen LogP contribution in [0.15, 0.2) is 28.7 Å². The van der Waals surface area contributed by atoms with E-state index < -0.39 is 5.60 Å². The molecule has 0 aromatic heterocycles. The Labute approximate surface area is 93.3 Å². The van der Waals surface area contributed by atoms with Crippen molar-refractivity contribution in [2.75, 3.05) is 0 Å². The Kier molecular flexibility index (Phi) is 2.67. The van der Waals surface area contributed by atoms with E-state index in [2.05, 4.69) is 22.9 Å². The fourth-order valence-corrected chi connectivity index (χ4v) is 2.55. The first-order chi connectivity index (χ1) is 6.60. The molecular formula is C12H15BrO. The van der Waals surface area contributed by atoms with Crippen LogP contribution in [0, 0.1) is 5.92 Å². The van der Waals surface area contributed by atoms with Gasteiger partial charge in [-0.15, -0.1) is 0 Å². The maximum Gasteiger partial charge on any atom is 0.0899 e. The van der Waals surface area contributed by atoms with E-state index in [4.69, 9.17) is 0 Å². The smallest absolute Gasteiger partial charge is 0.0899 e. The Morgan fingerprint density at radius 3 is 2.50 bits per heavy atom. The molecule has 0 saturated heterocycles.